The molecule has 360 valence electrons. The fraction of sp³-hybridized carbons (Fsp3) is 0.684. The van der Waals surface area contributed by atoms with E-state index >= 15 is 0 Å². The van der Waals surface area contributed by atoms with Crippen LogP contribution in [0.5, 0.6) is 0 Å². The van der Waals surface area contributed by atoms with E-state index in [-0.39, 0.29) is 24.9 Å². The summed E-state index contributed by atoms with van der Waals surface area (Å²) < 4.78 is 5.90. The summed E-state index contributed by atoms with van der Waals surface area (Å²) in [5, 5.41) is 23.7. The third-order valence-electron chi connectivity index (χ3n) is 11.2. The molecule has 3 unspecified atom stereocenters. The van der Waals surface area contributed by atoms with Crippen LogP contribution in [0.1, 0.15) is 226 Å². The number of aliphatic hydroxyl groups is 2. The summed E-state index contributed by atoms with van der Waals surface area (Å²) in [6, 6.07) is -0.729. The minimum atomic E-state index is -0.810. The molecule has 0 aromatic carbocycles. The molecule has 0 bridgehead atoms. The normalized spacial score (nSPS) is 14.0. The first-order valence-electron chi connectivity index (χ1n) is 26.0. The molecule has 3 atom stereocenters. The molecule has 6 heteroatoms. The second-order valence-corrected chi connectivity index (χ2v) is 17.3. The summed E-state index contributed by atoms with van der Waals surface area (Å²) in [6.07, 6.45) is 66.1. The van der Waals surface area contributed by atoms with Gasteiger partial charge in [-0.05, 0) is 89.9 Å². The van der Waals surface area contributed by atoms with Crippen molar-refractivity contribution in [2.75, 3.05) is 6.61 Å². The summed E-state index contributed by atoms with van der Waals surface area (Å²) in [7, 11) is 0. The van der Waals surface area contributed by atoms with Crippen LogP contribution in [0.4, 0.5) is 0 Å². The number of aliphatic hydroxyl groups excluding tert-OH is 2. The number of ether oxygens (including phenoxy) is 1. The number of esters is 1. The molecule has 0 radical (unpaired) electrons. The molecule has 0 heterocycles. The summed E-state index contributed by atoms with van der Waals surface area (Å²) in [5.74, 6) is -0.563. The van der Waals surface area contributed by atoms with Crippen molar-refractivity contribution in [3.63, 3.8) is 0 Å². The maximum Gasteiger partial charge on any atom is 0.306 e. The highest BCUT2D eigenvalue weighted by molar-refractivity contribution is 5.77. The zero-order valence-corrected chi connectivity index (χ0v) is 40.9. The van der Waals surface area contributed by atoms with Gasteiger partial charge < -0.3 is 20.3 Å². The van der Waals surface area contributed by atoms with Gasteiger partial charge in [0.25, 0.3) is 0 Å². The second kappa shape index (κ2) is 49.8. The Balaban J connectivity index is 4.75. The van der Waals surface area contributed by atoms with Gasteiger partial charge in [-0.2, -0.15) is 0 Å². The summed E-state index contributed by atoms with van der Waals surface area (Å²) in [4.78, 5) is 26.1. The van der Waals surface area contributed by atoms with Crippen LogP contribution in [0.3, 0.4) is 0 Å². The lowest BCUT2D eigenvalue weighted by atomic mass is 10.0. The minimum absolute atomic E-state index is 0.0246. The van der Waals surface area contributed by atoms with Crippen LogP contribution < -0.4 is 5.32 Å². The third-order valence-corrected chi connectivity index (χ3v) is 11.2. The zero-order valence-electron chi connectivity index (χ0n) is 40.9. The molecule has 0 rings (SSSR count). The Morgan fingerprint density at radius 1 is 0.476 bits per heavy atom. The van der Waals surface area contributed by atoms with E-state index < -0.39 is 18.2 Å². The highest BCUT2D eigenvalue weighted by atomic mass is 16.5. The zero-order chi connectivity index (χ0) is 45.9. The number of nitrogens with one attached hydrogen (secondary N) is 1. The number of amides is 1. The molecule has 6 nitrogen and oxygen atoms in total. The number of carbonyl (C=O) groups is 2. The van der Waals surface area contributed by atoms with Crippen LogP contribution in [0.15, 0.2) is 97.2 Å². The van der Waals surface area contributed by atoms with Gasteiger partial charge in [-0.25, -0.2) is 0 Å². The van der Waals surface area contributed by atoms with Crippen molar-refractivity contribution in [3.8, 4) is 0 Å². The molecule has 3 N–H and O–H groups in total. The van der Waals surface area contributed by atoms with E-state index in [2.05, 4.69) is 123 Å². The predicted octanol–water partition coefficient (Wildman–Crippen LogP) is 15.7. The fourth-order valence-corrected chi connectivity index (χ4v) is 7.25. The van der Waals surface area contributed by atoms with Gasteiger partial charge in [0, 0.05) is 6.42 Å². The molecular formula is C57H97NO5. The van der Waals surface area contributed by atoms with Gasteiger partial charge in [-0.3, -0.25) is 9.59 Å². The van der Waals surface area contributed by atoms with Crippen LogP contribution in [0.25, 0.3) is 0 Å². The van der Waals surface area contributed by atoms with E-state index in [1.165, 1.54) is 83.5 Å². The van der Waals surface area contributed by atoms with Gasteiger partial charge >= 0.3 is 5.97 Å². The van der Waals surface area contributed by atoms with Crippen molar-refractivity contribution in [2.24, 2.45) is 0 Å². The molecule has 0 aliphatic carbocycles. The monoisotopic (exact) mass is 876 g/mol. The van der Waals surface area contributed by atoms with Gasteiger partial charge in [0.05, 0.1) is 25.2 Å². The smallest absolute Gasteiger partial charge is 0.306 e. The van der Waals surface area contributed by atoms with Gasteiger partial charge in [-0.15, -0.1) is 0 Å². The number of hydrogen-bond acceptors (Lipinski definition) is 5. The van der Waals surface area contributed by atoms with Gasteiger partial charge in [0.1, 0.15) is 6.10 Å². The number of allylic oxidation sites excluding steroid dienone is 16. The minimum Gasteiger partial charge on any atom is -0.462 e. The van der Waals surface area contributed by atoms with Crippen molar-refractivity contribution in [1.29, 1.82) is 0 Å². The van der Waals surface area contributed by atoms with Crippen LogP contribution in [-0.2, 0) is 14.3 Å². The predicted molar refractivity (Wildman–Crippen MR) is 273 cm³/mol. The van der Waals surface area contributed by atoms with Crippen molar-refractivity contribution >= 4 is 11.9 Å². The molecule has 0 aromatic rings. The first kappa shape index (κ1) is 59.8. The maximum absolute atomic E-state index is 13.2. The lowest BCUT2D eigenvalue weighted by Crippen LogP contribution is -2.46. The average Bonchev–Trinajstić information content (AvgIpc) is 3.28. The Morgan fingerprint density at radius 3 is 1.43 bits per heavy atom. The molecule has 1 amide bonds. The molecule has 0 spiro atoms. The van der Waals surface area contributed by atoms with E-state index in [0.29, 0.717) is 19.3 Å². The summed E-state index contributed by atoms with van der Waals surface area (Å²) in [5.41, 5.74) is 0. The second-order valence-electron chi connectivity index (χ2n) is 17.3. The quantitative estimate of drug-likeness (QED) is 0.0245. The Hall–Kier alpha value is -3.22. The average molecular weight is 876 g/mol. The molecule has 0 aromatic heterocycles. The number of hydrogen-bond donors (Lipinski definition) is 3. The van der Waals surface area contributed by atoms with Crippen molar-refractivity contribution in [1.82, 2.24) is 5.32 Å². The van der Waals surface area contributed by atoms with Crippen LogP contribution >= 0.6 is 0 Å². The first-order chi connectivity index (χ1) is 31.0. The van der Waals surface area contributed by atoms with Crippen molar-refractivity contribution in [2.45, 2.75) is 244 Å². The van der Waals surface area contributed by atoms with Crippen LogP contribution in [0, 0.1) is 0 Å². The van der Waals surface area contributed by atoms with E-state index in [0.717, 1.165) is 96.3 Å². The molecule has 0 saturated carbocycles. The Kier molecular flexibility index (Phi) is 47.2. The Morgan fingerprint density at radius 2 is 0.889 bits per heavy atom. The number of carbonyl (C=O) groups excluding carboxylic acids is 2. The van der Waals surface area contributed by atoms with Crippen LogP contribution in [0.2, 0.25) is 0 Å². The summed E-state index contributed by atoms with van der Waals surface area (Å²) in [6.45, 7) is 6.37. The van der Waals surface area contributed by atoms with E-state index in [4.69, 9.17) is 4.74 Å². The number of unbranched alkanes of at least 4 members (excludes halogenated alkanes) is 20. The molecule has 63 heavy (non-hydrogen) atoms. The SMILES string of the molecule is CCCCC/C=C\C/C=C\C/C=C\C/C=C\CCCC(CC(=O)NC(CO)C(O)CCCCCCCCCCC)OC(=O)CCCCCCC/C=C/C=C/C=C/C=C/CCCCC. The van der Waals surface area contributed by atoms with E-state index in [1.54, 1.807) is 0 Å². The lowest BCUT2D eigenvalue weighted by molar-refractivity contribution is -0.151. The first-order valence-corrected chi connectivity index (χ1v) is 26.0. The topological polar surface area (TPSA) is 95.9 Å². The third kappa shape index (κ3) is 45.2. The standard InChI is InChI=1S/C57H97NO5/c1-4-7-10-13-16-19-21-23-25-27-29-31-33-35-38-41-44-47-50-57(62)63-53(48-45-42-39-37-34-32-30-28-26-24-22-20-17-14-11-8-5-2)51-56(61)58-54(52-59)55(60)49-46-43-40-36-18-15-12-9-6-3/h16-17,19-21,23-27,29-32,37,39,53-55,59-60H,4-15,18,22,28,33-36,38,40-52H2,1-3H3,(H,58,61)/b19-16+,20-17-,23-21+,26-24-,27-25+,31-29+,32-30-,39-37-. The highest BCUT2D eigenvalue weighted by Gasteiger charge is 2.24. The molecule has 0 aliphatic heterocycles. The maximum atomic E-state index is 13.2. The molecule has 0 aliphatic rings. The van der Waals surface area contributed by atoms with Crippen molar-refractivity contribution < 1.29 is 24.5 Å². The van der Waals surface area contributed by atoms with Gasteiger partial charge in [-0.1, -0.05) is 221 Å². The highest BCUT2D eigenvalue weighted by Crippen LogP contribution is 2.16. The Bertz CT molecular complexity index is 1260. The van der Waals surface area contributed by atoms with E-state index in [1.807, 2.05) is 0 Å². The molecule has 0 fully saturated rings. The number of rotatable bonds is 45. The molecular weight excluding hydrogens is 779 g/mol. The van der Waals surface area contributed by atoms with Gasteiger partial charge in [0.15, 0.2) is 0 Å². The lowest BCUT2D eigenvalue weighted by Gasteiger charge is -2.24. The van der Waals surface area contributed by atoms with Crippen molar-refractivity contribution in [3.05, 3.63) is 97.2 Å². The van der Waals surface area contributed by atoms with Crippen LogP contribution in [-0.4, -0.2) is 46.9 Å². The Labute approximate surface area is 388 Å². The largest absolute Gasteiger partial charge is 0.462 e. The molecule has 0 saturated heterocycles. The van der Waals surface area contributed by atoms with E-state index in [9.17, 15) is 19.8 Å². The summed E-state index contributed by atoms with van der Waals surface area (Å²) >= 11 is 0. The van der Waals surface area contributed by atoms with Gasteiger partial charge in [0.2, 0.25) is 5.91 Å². The fourth-order valence-electron chi connectivity index (χ4n) is 7.25.